The molecule has 0 aromatic heterocycles. The summed E-state index contributed by atoms with van der Waals surface area (Å²) in [7, 11) is 0. The van der Waals surface area contributed by atoms with Crippen LogP contribution in [0.25, 0.3) is 0 Å². The standard InChI is InChI=1S/C30H49N5O5/c1-10-11-21(23(36)26(39)31-17-12-13-17)32-24(37)19-14-18-20(29(18,7)8)15-30(19,9)34-25(38)22(16(2)3)33-27(40)35-28(4,5)6/h17-22H,2,10-15H2,1,3-9H3,(H,31,39)(H,32,37)(H,34,38)(H2,33,35,40)/t18-,19+,20?,21+,22+,30+/m1/s1. The van der Waals surface area contributed by atoms with Gasteiger partial charge in [-0.3, -0.25) is 19.2 Å². The fourth-order valence-corrected chi connectivity index (χ4v) is 6.12. The van der Waals surface area contributed by atoms with E-state index < -0.39 is 52.7 Å². The molecule has 0 radical (unpaired) electrons. The van der Waals surface area contributed by atoms with Crippen molar-refractivity contribution in [3.63, 3.8) is 0 Å². The number of amides is 5. The van der Waals surface area contributed by atoms with Crippen molar-refractivity contribution in [3.8, 4) is 0 Å². The van der Waals surface area contributed by atoms with Gasteiger partial charge in [0.1, 0.15) is 6.04 Å². The fourth-order valence-electron chi connectivity index (χ4n) is 6.12. The average molecular weight is 560 g/mol. The molecule has 0 aliphatic heterocycles. The molecule has 0 aromatic carbocycles. The van der Waals surface area contributed by atoms with Crippen molar-refractivity contribution in [2.45, 2.75) is 123 Å². The Morgan fingerprint density at radius 1 is 1.00 bits per heavy atom. The zero-order valence-electron chi connectivity index (χ0n) is 25.5. The number of hydrogen-bond acceptors (Lipinski definition) is 5. The van der Waals surface area contributed by atoms with Crippen molar-refractivity contribution >= 4 is 29.5 Å². The third kappa shape index (κ3) is 7.43. The Labute approximate surface area is 238 Å². The summed E-state index contributed by atoms with van der Waals surface area (Å²) in [6.07, 6.45) is 3.82. The SMILES string of the molecule is C=C(C)[C@H](NC(=O)NC(C)(C)C)C(=O)N[C@@]1(C)CC2[C@@H](C[C@H]1C(=O)N[C@@H](CCC)C(=O)C(=O)NC1CC1)C2(C)C. The first-order valence-electron chi connectivity index (χ1n) is 14.6. The quantitative estimate of drug-likeness (QED) is 0.195. The molecule has 0 heterocycles. The van der Waals surface area contributed by atoms with Gasteiger partial charge in [0.2, 0.25) is 17.6 Å². The number of carbonyl (C=O) groups excluding carboxylic acids is 5. The van der Waals surface area contributed by atoms with Crippen LogP contribution < -0.4 is 26.6 Å². The first-order valence-corrected chi connectivity index (χ1v) is 14.6. The van der Waals surface area contributed by atoms with Gasteiger partial charge < -0.3 is 26.6 Å². The maximum absolute atomic E-state index is 13.8. The Morgan fingerprint density at radius 2 is 1.62 bits per heavy atom. The number of carbonyl (C=O) groups is 5. The highest BCUT2D eigenvalue weighted by atomic mass is 16.2. The van der Waals surface area contributed by atoms with E-state index in [1.165, 1.54) is 0 Å². The van der Waals surface area contributed by atoms with Gasteiger partial charge in [0.15, 0.2) is 0 Å². The Morgan fingerprint density at radius 3 is 2.15 bits per heavy atom. The largest absolute Gasteiger partial charge is 0.348 e. The van der Waals surface area contributed by atoms with Crippen LogP contribution in [0.4, 0.5) is 4.79 Å². The normalized spacial score (nSPS) is 28.1. The van der Waals surface area contributed by atoms with Crippen LogP contribution in [-0.4, -0.2) is 58.7 Å². The molecule has 0 bridgehead atoms. The number of fused-ring (bicyclic) bond motifs is 1. The average Bonchev–Trinajstić information content (AvgIpc) is 3.72. The summed E-state index contributed by atoms with van der Waals surface area (Å²) in [6, 6.07) is -2.37. The van der Waals surface area contributed by atoms with Gasteiger partial charge in [0, 0.05) is 17.1 Å². The van der Waals surface area contributed by atoms with E-state index >= 15 is 0 Å². The summed E-state index contributed by atoms with van der Waals surface area (Å²) < 4.78 is 0. The molecule has 40 heavy (non-hydrogen) atoms. The number of Topliss-reactive ketones (excluding diaryl/α,β-unsaturated/α-hetero) is 1. The molecule has 10 nitrogen and oxygen atoms in total. The lowest BCUT2D eigenvalue weighted by Gasteiger charge is -2.42. The lowest BCUT2D eigenvalue weighted by atomic mass is 9.73. The lowest BCUT2D eigenvalue weighted by Crippen LogP contribution is -2.63. The Balaban J connectivity index is 1.79. The van der Waals surface area contributed by atoms with Crippen LogP contribution >= 0.6 is 0 Å². The van der Waals surface area contributed by atoms with Gasteiger partial charge in [-0.1, -0.05) is 33.8 Å². The molecule has 3 fully saturated rings. The maximum Gasteiger partial charge on any atom is 0.316 e. The molecule has 224 valence electrons. The molecule has 0 saturated heterocycles. The summed E-state index contributed by atoms with van der Waals surface area (Å²) in [5.74, 6) is -2.05. The molecule has 0 aromatic rings. The van der Waals surface area contributed by atoms with E-state index in [1.54, 1.807) is 6.92 Å². The summed E-state index contributed by atoms with van der Waals surface area (Å²) >= 11 is 0. The molecular formula is C30H49N5O5. The van der Waals surface area contributed by atoms with E-state index in [9.17, 15) is 24.0 Å². The van der Waals surface area contributed by atoms with Crippen molar-refractivity contribution < 1.29 is 24.0 Å². The first kappa shape index (κ1) is 31.6. The third-order valence-electron chi connectivity index (χ3n) is 8.78. The van der Waals surface area contributed by atoms with Crippen LogP contribution in [0.1, 0.15) is 93.9 Å². The van der Waals surface area contributed by atoms with Crippen molar-refractivity contribution in [1.29, 1.82) is 0 Å². The smallest absolute Gasteiger partial charge is 0.316 e. The van der Waals surface area contributed by atoms with Crippen molar-refractivity contribution in [2.75, 3.05) is 0 Å². The highest BCUT2D eigenvalue weighted by molar-refractivity contribution is 6.38. The van der Waals surface area contributed by atoms with Crippen LogP contribution in [0.15, 0.2) is 12.2 Å². The lowest BCUT2D eigenvalue weighted by molar-refractivity contribution is -0.141. The molecule has 1 unspecified atom stereocenters. The number of ketones is 1. The van der Waals surface area contributed by atoms with Crippen LogP contribution in [0.3, 0.4) is 0 Å². The van der Waals surface area contributed by atoms with Gasteiger partial charge in [-0.25, -0.2) is 4.79 Å². The minimum Gasteiger partial charge on any atom is -0.348 e. The third-order valence-corrected chi connectivity index (χ3v) is 8.78. The summed E-state index contributed by atoms with van der Waals surface area (Å²) in [4.78, 5) is 65.4. The summed E-state index contributed by atoms with van der Waals surface area (Å²) in [5.41, 5.74) is -0.931. The summed E-state index contributed by atoms with van der Waals surface area (Å²) in [6.45, 7) is 19.2. The van der Waals surface area contributed by atoms with Crippen LogP contribution in [0.5, 0.6) is 0 Å². The Bertz CT molecular complexity index is 1060. The summed E-state index contributed by atoms with van der Waals surface area (Å²) in [5, 5.41) is 14.2. The van der Waals surface area contributed by atoms with Gasteiger partial charge in [-0.2, -0.15) is 0 Å². The Hall–Kier alpha value is -2.91. The topological polar surface area (TPSA) is 146 Å². The van der Waals surface area contributed by atoms with E-state index in [2.05, 4.69) is 47.0 Å². The van der Waals surface area contributed by atoms with Crippen LogP contribution in [0, 0.1) is 23.2 Å². The van der Waals surface area contributed by atoms with E-state index in [0.717, 1.165) is 12.8 Å². The van der Waals surface area contributed by atoms with Crippen LogP contribution in [0.2, 0.25) is 0 Å². The minimum absolute atomic E-state index is 0.0302. The molecular weight excluding hydrogens is 510 g/mol. The maximum atomic E-state index is 13.8. The number of urea groups is 1. The van der Waals surface area contributed by atoms with Crippen molar-refractivity contribution in [2.24, 2.45) is 23.2 Å². The van der Waals surface area contributed by atoms with Gasteiger partial charge >= 0.3 is 6.03 Å². The first-order chi connectivity index (χ1) is 18.4. The molecule has 5 amide bonds. The van der Waals surface area contributed by atoms with Gasteiger partial charge in [-0.15, -0.1) is 0 Å². The molecule has 3 rings (SSSR count). The zero-order valence-corrected chi connectivity index (χ0v) is 25.5. The molecule has 0 spiro atoms. The van der Waals surface area contributed by atoms with E-state index in [0.29, 0.717) is 43.1 Å². The van der Waals surface area contributed by atoms with Crippen LogP contribution in [-0.2, 0) is 19.2 Å². The molecule has 5 N–H and O–H groups in total. The van der Waals surface area contributed by atoms with Gasteiger partial charge in [0.25, 0.3) is 5.91 Å². The second-order valence-electron chi connectivity index (χ2n) is 14.0. The second-order valence-corrected chi connectivity index (χ2v) is 14.0. The molecule has 10 heteroatoms. The number of rotatable bonds is 11. The molecule has 3 aliphatic rings. The van der Waals surface area contributed by atoms with E-state index in [1.807, 2.05) is 34.6 Å². The highest BCUT2D eigenvalue weighted by Gasteiger charge is 2.65. The molecule has 3 saturated carbocycles. The molecule has 6 atom stereocenters. The predicted molar refractivity (Wildman–Crippen MR) is 153 cm³/mol. The number of hydrogen-bond donors (Lipinski definition) is 5. The van der Waals surface area contributed by atoms with Gasteiger partial charge in [0.05, 0.1) is 12.0 Å². The molecule has 3 aliphatic carbocycles. The predicted octanol–water partition coefficient (Wildman–Crippen LogP) is 2.72. The van der Waals surface area contributed by atoms with E-state index in [4.69, 9.17) is 0 Å². The zero-order chi connectivity index (χ0) is 30.2. The Kier molecular flexibility index (Phi) is 9.11. The van der Waals surface area contributed by atoms with Crippen molar-refractivity contribution in [1.82, 2.24) is 26.6 Å². The highest BCUT2D eigenvalue weighted by Crippen LogP contribution is 2.67. The monoisotopic (exact) mass is 559 g/mol. The van der Waals surface area contributed by atoms with E-state index in [-0.39, 0.29) is 17.4 Å². The number of nitrogens with one attached hydrogen (secondary N) is 5. The van der Waals surface area contributed by atoms with Crippen molar-refractivity contribution in [3.05, 3.63) is 12.2 Å². The second kappa shape index (κ2) is 11.5. The van der Waals surface area contributed by atoms with Gasteiger partial charge in [-0.05, 0) is 89.5 Å². The minimum atomic E-state index is -0.992. The fraction of sp³-hybridized carbons (Fsp3) is 0.767.